The number of aliphatic hydroxyl groups excluding tert-OH is 1. The molecule has 8 heteroatoms. The predicted molar refractivity (Wildman–Crippen MR) is 134 cm³/mol. The molecule has 4 rings (SSSR count). The molecule has 1 aliphatic rings. The molecular weight excluding hydrogens is 514 g/mol. The van der Waals surface area contributed by atoms with Crippen LogP contribution < -0.4 is 9.64 Å². The maximum absolute atomic E-state index is 13.2. The van der Waals surface area contributed by atoms with Gasteiger partial charge in [-0.2, -0.15) is 0 Å². The van der Waals surface area contributed by atoms with Crippen LogP contribution in [0.1, 0.15) is 34.5 Å². The van der Waals surface area contributed by atoms with Crippen molar-refractivity contribution >= 4 is 45.0 Å². The van der Waals surface area contributed by atoms with Gasteiger partial charge in [0, 0.05) is 15.7 Å². The molecule has 1 heterocycles. The third kappa shape index (κ3) is 4.70. The molecular formula is C27H22BrNO6. The molecule has 7 nitrogen and oxygen atoms in total. The van der Waals surface area contributed by atoms with Gasteiger partial charge in [0.05, 0.1) is 30.9 Å². The molecule has 3 aromatic rings. The number of hydrogen-bond acceptors (Lipinski definition) is 6. The van der Waals surface area contributed by atoms with Crippen LogP contribution in [0.4, 0.5) is 5.69 Å². The van der Waals surface area contributed by atoms with E-state index >= 15 is 0 Å². The first-order valence-corrected chi connectivity index (χ1v) is 11.6. The second-order valence-electron chi connectivity index (χ2n) is 7.72. The van der Waals surface area contributed by atoms with Gasteiger partial charge < -0.3 is 14.6 Å². The van der Waals surface area contributed by atoms with Crippen molar-refractivity contribution < 1.29 is 29.0 Å². The lowest BCUT2D eigenvalue weighted by Gasteiger charge is -2.25. The Kier molecular flexibility index (Phi) is 7.02. The summed E-state index contributed by atoms with van der Waals surface area (Å²) in [6, 6.07) is 19.1. The summed E-state index contributed by atoms with van der Waals surface area (Å²) in [5, 5.41) is 11.2. The largest absolute Gasteiger partial charge is 0.507 e. The van der Waals surface area contributed by atoms with E-state index in [0.717, 1.165) is 4.47 Å². The summed E-state index contributed by atoms with van der Waals surface area (Å²) >= 11 is 3.40. The summed E-state index contributed by atoms with van der Waals surface area (Å²) in [6.45, 7) is 1.96. The minimum Gasteiger partial charge on any atom is -0.507 e. The number of esters is 1. The molecule has 0 radical (unpaired) electrons. The topological polar surface area (TPSA) is 93.1 Å². The van der Waals surface area contributed by atoms with Gasteiger partial charge in [0.25, 0.3) is 11.7 Å². The van der Waals surface area contributed by atoms with Crippen molar-refractivity contribution in [3.05, 3.63) is 99.5 Å². The van der Waals surface area contributed by atoms with E-state index in [4.69, 9.17) is 9.47 Å². The fourth-order valence-corrected chi connectivity index (χ4v) is 4.20. The van der Waals surface area contributed by atoms with Crippen molar-refractivity contribution in [1.82, 2.24) is 0 Å². The molecule has 3 aromatic carbocycles. The van der Waals surface area contributed by atoms with Gasteiger partial charge in [-0.15, -0.1) is 0 Å². The monoisotopic (exact) mass is 535 g/mol. The van der Waals surface area contributed by atoms with E-state index in [1.807, 2.05) is 0 Å². The summed E-state index contributed by atoms with van der Waals surface area (Å²) in [4.78, 5) is 39.8. The molecule has 1 fully saturated rings. The summed E-state index contributed by atoms with van der Waals surface area (Å²) in [5.41, 5.74) is 1.71. The average Bonchev–Trinajstić information content (AvgIpc) is 3.14. The first-order chi connectivity index (χ1) is 16.8. The number of nitrogens with zero attached hydrogens (tertiary/aromatic N) is 1. The number of methoxy groups -OCH3 is 1. The van der Waals surface area contributed by atoms with Crippen LogP contribution in [0.25, 0.3) is 5.76 Å². The Hall–Kier alpha value is -3.91. The minimum absolute atomic E-state index is 0.0306. The normalized spacial score (nSPS) is 16.9. The van der Waals surface area contributed by atoms with Crippen molar-refractivity contribution in [1.29, 1.82) is 0 Å². The zero-order valence-corrected chi connectivity index (χ0v) is 20.6. The third-order valence-electron chi connectivity index (χ3n) is 5.65. The maximum atomic E-state index is 13.2. The lowest BCUT2D eigenvalue weighted by Crippen LogP contribution is -2.29. The Labute approximate surface area is 210 Å². The number of rotatable bonds is 6. The zero-order chi connectivity index (χ0) is 25.1. The van der Waals surface area contributed by atoms with Crippen molar-refractivity contribution in [2.45, 2.75) is 13.0 Å². The smallest absolute Gasteiger partial charge is 0.338 e. The lowest BCUT2D eigenvalue weighted by atomic mass is 9.95. The summed E-state index contributed by atoms with van der Waals surface area (Å²) in [5.74, 6) is -1.76. The first-order valence-electron chi connectivity index (χ1n) is 10.8. The number of amides is 1. The molecule has 178 valence electrons. The Morgan fingerprint density at radius 2 is 1.54 bits per heavy atom. The highest BCUT2D eigenvalue weighted by Crippen LogP contribution is 2.42. The number of benzene rings is 3. The molecule has 1 unspecified atom stereocenters. The van der Waals surface area contributed by atoms with Crippen molar-refractivity contribution in [2.75, 3.05) is 18.6 Å². The maximum Gasteiger partial charge on any atom is 0.338 e. The fraction of sp³-hybridized carbons (Fsp3) is 0.148. The number of ketones is 1. The Bertz CT molecular complexity index is 1300. The van der Waals surface area contributed by atoms with Crippen LogP contribution in [0.15, 0.2) is 82.8 Å². The van der Waals surface area contributed by atoms with Gasteiger partial charge in [-0.3, -0.25) is 14.5 Å². The molecule has 1 atom stereocenters. The van der Waals surface area contributed by atoms with Crippen LogP contribution in [-0.2, 0) is 14.3 Å². The van der Waals surface area contributed by atoms with Gasteiger partial charge in [0.2, 0.25) is 0 Å². The van der Waals surface area contributed by atoms with Crippen LogP contribution in [0.5, 0.6) is 5.75 Å². The standard InChI is InChI=1S/C27H22BrNO6/c1-3-35-27(33)18-6-12-20(13-7-18)29-23(16-4-10-19(28)11-5-16)22(25(31)26(29)32)24(30)17-8-14-21(34-2)15-9-17/h4-15,23,30H,3H2,1-2H3. The molecule has 1 aliphatic heterocycles. The molecule has 1 amide bonds. The Morgan fingerprint density at radius 3 is 2.11 bits per heavy atom. The van der Waals surface area contributed by atoms with Gasteiger partial charge in [-0.1, -0.05) is 28.1 Å². The van der Waals surface area contributed by atoms with Crippen molar-refractivity contribution in [3.8, 4) is 5.75 Å². The molecule has 1 saturated heterocycles. The molecule has 0 aromatic heterocycles. The second kappa shape index (κ2) is 10.1. The number of aliphatic hydroxyl groups is 1. The van der Waals surface area contributed by atoms with E-state index in [1.165, 1.54) is 24.1 Å². The van der Waals surface area contributed by atoms with Crippen LogP contribution in [0.3, 0.4) is 0 Å². The van der Waals surface area contributed by atoms with Gasteiger partial charge >= 0.3 is 5.97 Å². The highest BCUT2D eigenvalue weighted by Gasteiger charge is 2.47. The van der Waals surface area contributed by atoms with Gasteiger partial charge in [0.1, 0.15) is 11.5 Å². The highest BCUT2D eigenvalue weighted by molar-refractivity contribution is 9.10. The van der Waals surface area contributed by atoms with Gasteiger partial charge in [0.15, 0.2) is 0 Å². The number of carbonyl (C=O) groups excluding carboxylic acids is 3. The molecule has 35 heavy (non-hydrogen) atoms. The zero-order valence-electron chi connectivity index (χ0n) is 19.0. The summed E-state index contributed by atoms with van der Waals surface area (Å²) in [7, 11) is 1.53. The van der Waals surface area contributed by atoms with Crippen molar-refractivity contribution in [2.24, 2.45) is 0 Å². The first kappa shape index (κ1) is 24.2. The number of carbonyl (C=O) groups is 3. The SMILES string of the molecule is CCOC(=O)c1ccc(N2C(=O)C(=O)C(=C(O)c3ccc(OC)cc3)C2c2ccc(Br)cc2)cc1. The molecule has 0 aliphatic carbocycles. The van der Waals surface area contributed by atoms with E-state index < -0.39 is 23.7 Å². The Balaban J connectivity index is 1.84. The molecule has 0 spiro atoms. The Morgan fingerprint density at radius 1 is 0.943 bits per heavy atom. The minimum atomic E-state index is -0.876. The van der Waals surface area contributed by atoms with E-state index in [-0.39, 0.29) is 17.9 Å². The van der Waals surface area contributed by atoms with E-state index in [0.29, 0.717) is 28.1 Å². The summed E-state index contributed by atoms with van der Waals surface area (Å²) in [6.07, 6.45) is 0. The number of ether oxygens (including phenoxy) is 2. The highest BCUT2D eigenvalue weighted by atomic mass is 79.9. The van der Waals surface area contributed by atoms with E-state index in [9.17, 15) is 19.5 Å². The van der Waals surface area contributed by atoms with E-state index in [1.54, 1.807) is 67.6 Å². The predicted octanol–water partition coefficient (Wildman–Crippen LogP) is 5.26. The van der Waals surface area contributed by atoms with Crippen LogP contribution in [0.2, 0.25) is 0 Å². The van der Waals surface area contributed by atoms with Gasteiger partial charge in [-0.05, 0) is 73.2 Å². The van der Waals surface area contributed by atoms with E-state index in [2.05, 4.69) is 15.9 Å². The van der Waals surface area contributed by atoms with Crippen LogP contribution in [-0.4, -0.2) is 36.5 Å². The lowest BCUT2D eigenvalue weighted by molar-refractivity contribution is -0.132. The van der Waals surface area contributed by atoms with Crippen LogP contribution >= 0.6 is 15.9 Å². The van der Waals surface area contributed by atoms with Crippen molar-refractivity contribution in [3.63, 3.8) is 0 Å². The fourth-order valence-electron chi connectivity index (χ4n) is 3.94. The van der Waals surface area contributed by atoms with Gasteiger partial charge in [-0.25, -0.2) is 4.79 Å². The number of Topliss-reactive ketones (excluding diaryl/α,β-unsaturated/α-hetero) is 1. The molecule has 0 bridgehead atoms. The number of hydrogen-bond donors (Lipinski definition) is 1. The quantitative estimate of drug-likeness (QED) is 0.200. The third-order valence-corrected chi connectivity index (χ3v) is 6.18. The summed E-state index contributed by atoms with van der Waals surface area (Å²) < 4.78 is 11.0. The second-order valence-corrected chi connectivity index (χ2v) is 8.63. The number of anilines is 1. The molecule has 0 saturated carbocycles. The average molecular weight is 536 g/mol. The number of halogens is 1. The molecule has 1 N–H and O–H groups in total. The van der Waals surface area contributed by atoms with Crippen LogP contribution in [0, 0.1) is 0 Å².